The minimum atomic E-state index is -0.403. The Morgan fingerprint density at radius 2 is 2.04 bits per heavy atom. The Morgan fingerprint density at radius 3 is 2.82 bits per heavy atom. The van der Waals surface area contributed by atoms with E-state index in [0.29, 0.717) is 24.3 Å². The van der Waals surface area contributed by atoms with Crippen molar-refractivity contribution in [2.75, 3.05) is 11.9 Å². The molecule has 3 aromatic rings. The molecule has 28 heavy (non-hydrogen) atoms. The van der Waals surface area contributed by atoms with Crippen molar-refractivity contribution in [3.8, 4) is 0 Å². The van der Waals surface area contributed by atoms with Crippen molar-refractivity contribution in [2.45, 2.75) is 39.7 Å². The number of esters is 1. The van der Waals surface area contributed by atoms with E-state index in [1.165, 1.54) is 0 Å². The molecule has 1 N–H and O–H groups in total. The van der Waals surface area contributed by atoms with E-state index in [4.69, 9.17) is 4.74 Å². The molecule has 0 fully saturated rings. The predicted octanol–water partition coefficient (Wildman–Crippen LogP) is 3.59. The summed E-state index contributed by atoms with van der Waals surface area (Å²) in [5, 5.41) is 2.84. The van der Waals surface area contributed by atoms with Gasteiger partial charge in [0.15, 0.2) is 5.65 Å². The largest absolute Gasteiger partial charge is 0.462 e. The molecule has 1 amide bonds. The maximum atomic E-state index is 12.4. The normalized spacial score (nSPS) is 10.8. The maximum Gasteiger partial charge on any atom is 0.338 e. The second-order valence-corrected chi connectivity index (χ2v) is 6.38. The van der Waals surface area contributed by atoms with Crippen molar-refractivity contribution in [3.63, 3.8) is 0 Å². The Labute approximate surface area is 163 Å². The third-order valence-corrected chi connectivity index (χ3v) is 4.26. The van der Waals surface area contributed by atoms with Gasteiger partial charge in [0, 0.05) is 31.3 Å². The lowest BCUT2D eigenvalue weighted by atomic mass is 10.2. The number of aromatic nitrogens is 3. The highest BCUT2D eigenvalue weighted by Gasteiger charge is 2.13. The number of pyridine rings is 1. The minimum Gasteiger partial charge on any atom is -0.462 e. The lowest BCUT2D eigenvalue weighted by molar-refractivity contribution is -0.116. The molecule has 2 heterocycles. The Bertz CT molecular complexity index is 981. The standard InChI is InChI=1S/C21H24N4O3/c1-3-13-25-18(24-17-9-6-12-22-20(17)25)10-11-19(26)23-16-8-5-7-15(14-16)21(27)28-4-2/h5-9,12,14H,3-4,10-11,13H2,1-2H3,(H,23,26). The molecular weight excluding hydrogens is 356 g/mol. The second-order valence-electron chi connectivity index (χ2n) is 6.38. The van der Waals surface area contributed by atoms with E-state index in [9.17, 15) is 9.59 Å². The quantitative estimate of drug-likeness (QED) is 0.604. The number of nitrogens with one attached hydrogen (secondary N) is 1. The van der Waals surface area contributed by atoms with Crippen LogP contribution in [0.1, 0.15) is 42.9 Å². The van der Waals surface area contributed by atoms with Crippen LogP contribution in [0, 0.1) is 0 Å². The van der Waals surface area contributed by atoms with E-state index in [2.05, 4.69) is 26.8 Å². The van der Waals surface area contributed by atoms with Gasteiger partial charge in [-0.05, 0) is 43.7 Å². The number of fused-ring (bicyclic) bond motifs is 1. The highest BCUT2D eigenvalue weighted by Crippen LogP contribution is 2.16. The van der Waals surface area contributed by atoms with Crippen LogP contribution in [-0.2, 0) is 22.5 Å². The molecular formula is C21H24N4O3. The van der Waals surface area contributed by atoms with Gasteiger partial charge in [0.05, 0.1) is 12.2 Å². The van der Waals surface area contributed by atoms with Gasteiger partial charge in [0.1, 0.15) is 11.3 Å². The number of hydrogen-bond acceptors (Lipinski definition) is 5. The fourth-order valence-corrected chi connectivity index (χ4v) is 3.04. The average Bonchev–Trinajstić information content (AvgIpc) is 3.05. The number of aryl methyl sites for hydroxylation is 2. The monoisotopic (exact) mass is 380 g/mol. The Balaban J connectivity index is 1.66. The smallest absolute Gasteiger partial charge is 0.338 e. The van der Waals surface area contributed by atoms with Crippen molar-refractivity contribution < 1.29 is 14.3 Å². The maximum absolute atomic E-state index is 12.4. The highest BCUT2D eigenvalue weighted by atomic mass is 16.5. The van der Waals surface area contributed by atoms with Crippen molar-refractivity contribution in [2.24, 2.45) is 0 Å². The number of benzene rings is 1. The van der Waals surface area contributed by atoms with Crippen molar-refractivity contribution >= 4 is 28.7 Å². The number of rotatable bonds is 8. The first kappa shape index (κ1) is 19.5. The van der Waals surface area contributed by atoms with Crippen LogP contribution < -0.4 is 5.32 Å². The van der Waals surface area contributed by atoms with E-state index in [1.54, 1.807) is 37.4 Å². The Hall–Kier alpha value is -3.22. The molecule has 0 atom stereocenters. The number of hydrogen-bond donors (Lipinski definition) is 1. The number of amides is 1. The van der Waals surface area contributed by atoms with Crippen LogP contribution >= 0.6 is 0 Å². The van der Waals surface area contributed by atoms with Gasteiger partial charge in [0.25, 0.3) is 0 Å². The van der Waals surface area contributed by atoms with Crippen LogP contribution in [0.3, 0.4) is 0 Å². The molecule has 3 rings (SSSR count). The third-order valence-electron chi connectivity index (χ3n) is 4.26. The first-order valence-electron chi connectivity index (χ1n) is 9.49. The van der Waals surface area contributed by atoms with E-state index < -0.39 is 5.97 Å². The van der Waals surface area contributed by atoms with Crippen molar-refractivity contribution in [1.82, 2.24) is 14.5 Å². The predicted molar refractivity (Wildman–Crippen MR) is 107 cm³/mol. The van der Waals surface area contributed by atoms with Crippen molar-refractivity contribution in [1.29, 1.82) is 0 Å². The fourth-order valence-electron chi connectivity index (χ4n) is 3.04. The lowest BCUT2D eigenvalue weighted by Crippen LogP contribution is -2.15. The Morgan fingerprint density at radius 1 is 1.18 bits per heavy atom. The molecule has 146 valence electrons. The zero-order valence-electron chi connectivity index (χ0n) is 16.1. The van der Waals surface area contributed by atoms with Gasteiger partial charge in [-0.1, -0.05) is 13.0 Å². The van der Waals surface area contributed by atoms with Crippen LogP contribution in [0.25, 0.3) is 11.2 Å². The van der Waals surface area contributed by atoms with E-state index >= 15 is 0 Å². The first-order chi connectivity index (χ1) is 13.6. The molecule has 0 radical (unpaired) electrons. The van der Waals surface area contributed by atoms with Crippen molar-refractivity contribution in [3.05, 3.63) is 54.0 Å². The molecule has 0 spiro atoms. The zero-order valence-corrected chi connectivity index (χ0v) is 16.1. The van der Waals surface area contributed by atoms with Crippen LogP contribution in [0.5, 0.6) is 0 Å². The van der Waals surface area contributed by atoms with Crippen LogP contribution in [0.15, 0.2) is 42.6 Å². The number of anilines is 1. The summed E-state index contributed by atoms with van der Waals surface area (Å²) in [6, 6.07) is 10.5. The van der Waals surface area contributed by atoms with E-state index in [-0.39, 0.29) is 12.3 Å². The Kier molecular flexibility index (Phi) is 6.37. The van der Waals surface area contributed by atoms with Gasteiger partial charge >= 0.3 is 5.97 Å². The molecule has 0 bridgehead atoms. The molecule has 2 aromatic heterocycles. The SMILES string of the molecule is CCCn1c(CCC(=O)Nc2cccc(C(=O)OCC)c2)nc2cccnc21. The molecule has 0 aliphatic carbocycles. The van der Waals surface area contributed by atoms with Gasteiger partial charge in [-0.25, -0.2) is 14.8 Å². The van der Waals surface area contributed by atoms with Gasteiger partial charge < -0.3 is 14.6 Å². The zero-order chi connectivity index (χ0) is 19.9. The van der Waals surface area contributed by atoms with Gasteiger partial charge in [-0.15, -0.1) is 0 Å². The van der Waals surface area contributed by atoms with Gasteiger partial charge in [-0.2, -0.15) is 0 Å². The molecule has 1 aromatic carbocycles. The van der Waals surface area contributed by atoms with Gasteiger partial charge in [-0.3, -0.25) is 4.79 Å². The number of carbonyl (C=O) groups excluding carboxylic acids is 2. The molecule has 0 aliphatic heterocycles. The summed E-state index contributed by atoms with van der Waals surface area (Å²) in [6.07, 6.45) is 3.52. The number of imidazole rings is 1. The fraction of sp³-hybridized carbons (Fsp3) is 0.333. The summed E-state index contributed by atoms with van der Waals surface area (Å²) in [4.78, 5) is 33.3. The molecule has 0 saturated heterocycles. The highest BCUT2D eigenvalue weighted by molar-refractivity contribution is 5.94. The van der Waals surface area contributed by atoms with E-state index in [0.717, 1.165) is 30.0 Å². The molecule has 0 unspecified atom stereocenters. The van der Waals surface area contributed by atoms with E-state index in [1.807, 2.05) is 12.1 Å². The summed E-state index contributed by atoms with van der Waals surface area (Å²) in [5.41, 5.74) is 2.67. The number of ether oxygens (including phenoxy) is 1. The minimum absolute atomic E-state index is 0.135. The molecule has 7 nitrogen and oxygen atoms in total. The molecule has 0 saturated carbocycles. The average molecular weight is 380 g/mol. The topological polar surface area (TPSA) is 86.1 Å². The second kappa shape index (κ2) is 9.12. The lowest BCUT2D eigenvalue weighted by Gasteiger charge is -2.09. The molecule has 7 heteroatoms. The van der Waals surface area contributed by atoms with Gasteiger partial charge in [0.2, 0.25) is 5.91 Å². The first-order valence-corrected chi connectivity index (χ1v) is 9.49. The summed E-state index contributed by atoms with van der Waals surface area (Å²) in [7, 11) is 0. The molecule has 0 aliphatic rings. The number of nitrogens with zero attached hydrogens (tertiary/aromatic N) is 3. The summed E-state index contributed by atoms with van der Waals surface area (Å²) in [6.45, 7) is 4.97. The third kappa shape index (κ3) is 4.54. The number of carbonyl (C=O) groups is 2. The summed E-state index contributed by atoms with van der Waals surface area (Å²) >= 11 is 0. The summed E-state index contributed by atoms with van der Waals surface area (Å²) in [5.74, 6) is 0.314. The van der Waals surface area contributed by atoms with Crippen LogP contribution in [0.2, 0.25) is 0 Å². The summed E-state index contributed by atoms with van der Waals surface area (Å²) < 4.78 is 7.06. The van der Waals surface area contributed by atoms with Crippen LogP contribution in [0.4, 0.5) is 5.69 Å². The van der Waals surface area contributed by atoms with Crippen LogP contribution in [-0.4, -0.2) is 33.0 Å².